The maximum Gasteiger partial charge on any atom is 0.302 e. The number of rotatable bonds is 6. The molecule has 21 heavy (non-hydrogen) atoms. The van der Waals surface area contributed by atoms with E-state index in [-0.39, 0.29) is 17.4 Å². The molecule has 0 bridgehead atoms. The van der Waals surface area contributed by atoms with Gasteiger partial charge in [0.2, 0.25) is 0 Å². The van der Waals surface area contributed by atoms with Gasteiger partial charge >= 0.3 is 10.1 Å². The summed E-state index contributed by atoms with van der Waals surface area (Å²) in [6.07, 6.45) is 1.26. The summed E-state index contributed by atoms with van der Waals surface area (Å²) in [6, 6.07) is 0. The molecule has 0 aliphatic heterocycles. The second-order valence-electron chi connectivity index (χ2n) is 4.77. The Kier molecular flexibility index (Phi) is 5.47. The SMILES string of the molecule is CCc1c(OC)c(O)c(S(=O)(=O)O)c(OC)c1C(C)CC. The monoisotopic (exact) mass is 318 g/mol. The van der Waals surface area contributed by atoms with Gasteiger partial charge in [0.1, 0.15) is 5.75 Å². The molecule has 0 aliphatic rings. The summed E-state index contributed by atoms with van der Waals surface area (Å²) in [6.45, 7) is 5.74. The lowest BCUT2D eigenvalue weighted by atomic mass is 9.90. The summed E-state index contributed by atoms with van der Waals surface area (Å²) in [5.41, 5.74) is 1.30. The zero-order valence-corrected chi connectivity index (χ0v) is 13.7. The van der Waals surface area contributed by atoms with E-state index in [0.717, 1.165) is 6.42 Å². The van der Waals surface area contributed by atoms with Crippen LogP contribution in [-0.2, 0) is 16.5 Å². The van der Waals surface area contributed by atoms with Gasteiger partial charge in [-0.05, 0) is 18.8 Å². The lowest BCUT2D eigenvalue weighted by molar-refractivity contribution is 0.340. The Bertz CT molecular complexity index is 621. The van der Waals surface area contributed by atoms with Crippen molar-refractivity contribution in [3.05, 3.63) is 11.1 Å². The second kappa shape index (κ2) is 6.53. The van der Waals surface area contributed by atoms with Gasteiger partial charge in [-0.1, -0.05) is 20.8 Å². The molecular weight excluding hydrogens is 296 g/mol. The van der Waals surface area contributed by atoms with E-state index in [9.17, 15) is 18.1 Å². The Morgan fingerprint density at radius 1 is 1.14 bits per heavy atom. The van der Waals surface area contributed by atoms with Crippen LogP contribution in [-0.4, -0.2) is 32.3 Å². The molecule has 2 N–H and O–H groups in total. The van der Waals surface area contributed by atoms with Crippen molar-refractivity contribution in [3.8, 4) is 17.2 Å². The normalized spacial score (nSPS) is 13.0. The molecule has 1 atom stereocenters. The highest BCUT2D eigenvalue weighted by Crippen LogP contribution is 2.49. The standard InChI is InChI=1S/C14H22O6S/c1-6-8(3)10-9(7-2)12(19-4)11(15)14(13(10)20-5)21(16,17)18/h8,15H,6-7H2,1-5H3,(H,16,17,18). The summed E-state index contributed by atoms with van der Waals surface area (Å²) in [5.74, 6) is -0.617. The van der Waals surface area contributed by atoms with Crippen LogP contribution in [0.5, 0.6) is 17.2 Å². The van der Waals surface area contributed by atoms with Crippen molar-refractivity contribution in [2.75, 3.05) is 14.2 Å². The second-order valence-corrected chi connectivity index (χ2v) is 6.13. The predicted molar refractivity (Wildman–Crippen MR) is 79.1 cm³/mol. The number of aromatic hydroxyl groups is 1. The van der Waals surface area contributed by atoms with E-state index >= 15 is 0 Å². The minimum Gasteiger partial charge on any atom is -0.503 e. The van der Waals surface area contributed by atoms with Gasteiger partial charge in [0.25, 0.3) is 0 Å². The Morgan fingerprint density at radius 3 is 2.00 bits per heavy atom. The molecule has 0 fully saturated rings. The van der Waals surface area contributed by atoms with Gasteiger partial charge in [-0.3, -0.25) is 4.55 Å². The van der Waals surface area contributed by atoms with E-state index in [1.807, 2.05) is 20.8 Å². The molecule has 1 unspecified atom stereocenters. The van der Waals surface area contributed by atoms with E-state index in [1.165, 1.54) is 14.2 Å². The van der Waals surface area contributed by atoms with Crippen LogP contribution in [0.3, 0.4) is 0 Å². The van der Waals surface area contributed by atoms with Gasteiger partial charge in [0, 0.05) is 11.1 Å². The fraction of sp³-hybridized carbons (Fsp3) is 0.571. The molecule has 0 amide bonds. The molecule has 7 heteroatoms. The van der Waals surface area contributed by atoms with Gasteiger partial charge in [-0.2, -0.15) is 8.42 Å². The molecule has 1 rings (SSSR count). The summed E-state index contributed by atoms with van der Waals surface area (Å²) >= 11 is 0. The average molecular weight is 318 g/mol. The van der Waals surface area contributed by atoms with E-state index in [1.54, 1.807) is 0 Å². The average Bonchev–Trinajstić information content (AvgIpc) is 2.43. The zero-order valence-electron chi connectivity index (χ0n) is 12.9. The van der Waals surface area contributed by atoms with Gasteiger partial charge in [-0.25, -0.2) is 0 Å². The fourth-order valence-corrected chi connectivity index (χ4v) is 3.24. The molecule has 0 radical (unpaired) electrons. The number of methoxy groups -OCH3 is 2. The van der Waals surface area contributed by atoms with Crippen molar-refractivity contribution in [1.82, 2.24) is 0 Å². The largest absolute Gasteiger partial charge is 0.503 e. The number of benzene rings is 1. The van der Waals surface area contributed by atoms with E-state index in [4.69, 9.17) is 9.47 Å². The molecule has 1 aromatic rings. The number of phenols is 1. The summed E-state index contributed by atoms with van der Waals surface area (Å²) in [7, 11) is -2.00. The van der Waals surface area contributed by atoms with Crippen LogP contribution in [0.1, 0.15) is 44.2 Å². The summed E-state index contributed by atoms with van der Waals surface area (Å²) in [5, 5.41) is 10.2. The molecule has 6 nitrogen and oxygen atoms in total. The number of hydrogen-bond donors (Lipinski definition) is 2. The zero-order chi connectivity index (χ0) is 16.4. The van der Waals surface area contributed by atoms with Crippen LogP contribution in [0, 0.1) is 0 Å². The highest BCUT2D eigenvalue weighted by molar-refractivity contribution is 7.86. The van der Waals surface area contributed by atoms with E-state index < -0.39 is 20.8 Å². The topological polar surface area (TPSA) is 93.1 Å². The number of phenolic OH excluding ortho intramolecular Hbond substituents is 1. The highest BCUT2D eigenvalue weighted by atomic mass is 32.2. The minimum atomic E-state index is -4.65. The maximum absolute atomic E-state index is 11.6. The Hall–Kier alpha value is -1.47. The lowest BCUT2D eigenvalue weighted by Gasteiger charge is -2.23. The van der Waals surface area contributed by atoms with Crippen molar-refractivity contribution < 1.29 is 27.6 Å². The van der Waals surface area contributed by atoms with Crippen LogP contribution < -0.4 is 9.47 Å². The number of ether oxygens (including phenoxy) is 2. The van der Waals surface area contributed by atoms with Crippen LogP contribution in [0.2, 0.25) is 0 Å². The molecule has 120 valence electrons. The van der Waals surface area contributed by atoms with E-state index in [2.05, 4.69) is 0 Å². The first-order chi connectivity index (χ1) is 9.74. The Balaban J connectivity index is 4.01. The third-order valence-corrected chi connectivity index (χ3v) is 4.50. The summed E-state index contributed by atoms with van der Waals surface area (Å²) in [4.78, 5) is -0.644. The van der Waals surface area contributed by atoms with Crippen molar-refractivity contribution >= 4 is 10.1 Å². The smallest absolute Gasteiger partial charge is 0.302 e. The van der Waals surface area contributed by atoms with Crippen LogP contribution in [0.15, 0.2) is 4.90 Å². The molecule has 0 heterocycles. The number of hydrogen-bond acceptors (Lipinski definition) is 5. The first-order valence-corrected chi connectivity index (χ1v) is 8.15. The van der Waals surface area contributed by atoms with Gasteiger partial charge in [0.05, 0.1) is 14.2 Å². The van der Waals surface area contributed by atoms with Crippen molar-refractivity contribution in [3.63, 3.8) is 0 Å². The Labute approximate surface area is 125 Å². The molecule has 0 aromatic heterocycles. The molecule has 0 saturated carbocycles. The highest BCUT2D eigenvalue weighted by Gasteiger charge is 2.32. The van der Waals surface area contributed by atoms with Crippen LogP contribution in [0.4, 0.5) is 0 Å². The summed E-state index contributed by atoms with van der Waals surface area (Å²) < 4.78 is 43.0. The van der Waals surface area contributed by atoms with Gasteiger partial charge < -0.3 is 14.6 Å². The molecular formula is C14H22O6S. The van der Waals surface area contributed by atoms with Crippen LogP contribution >= 0.6 is 0 Å². The first-order valence-electron chi connectivity index (χ1n) is 6.71. The quantitative estimate of drug-likeness (QED) is 0.783. The Morgan fingerprint density at radius 2 is 1.67 bits per heavy atom. The van der Waals surface area contributed by atoms with Crippen molar-refractivity contribution in [2.24, 2.45) is 0 Å². The third-order valence-electron chi connectivity index (χ3n) is 3.61. The predicted octanol–water partition coefficient (Wildman–Crippen LogP) is 2.73. The first kappa shape index (κ1) is 17.6. The third kappa shape index (κ3) is 3.08. The van der Waals surface area contributed by atoms with Crippen molar-refractivity contribution in [1.29, 1.82) is 0 Å². The minimum absolute atomic E-state index is 0.0232. The van der Waals surface area contributed by atoms with Crippen molar-refractivity contribution in [2.45, 2.75) is 44.4 Å². The molecule has 1 aromatic carbocycles. The molecule has 0 spiro atoms. The molecule has 0 aliphatic carbocycles. The fourth-order valence-electron chi connectivity index (χ4n) is 2.47. The van der Waals surface area contributed by atoms with E-state index in [0.29, 0.717) is 17.5 Å². The van der Waals surface area contributed by atoms with Crippen LogP contribution in [0.25, 0.3) is 0 Å². The van der Waals surface area contributed by atoms with Gasteiger partial charge in [0.15, 0.2) is 16.4 Å². The lowest BCUT2D eigenvalue weighted by Crippen LogP contribution is -2.11. The molecule has 0 saturated heterocycles. The maximum atomic E-state index is 11.6. The van der Waals surface area contributed by atoms with Gasteiger partial charge in [-0.15, -0.1) is 0 Å².